The topological polar surface area (TPSA) is 82.1 Å². The molecule has 4 aliphatic carbocycles. The first-order chi connectivity index (χ1) is 11.1. The van der Waals surface area contributed by atoms with Gasteiger partial charge in [0.2, 0.25) is 0 Å². The van der Waals surface area contributed by atoms with Crippen molar-refractivity contribution in [1.29, 1.82) is 0 Å². The second kappa shape index (κ2) is 5.82. The van der Waals surface area contributed by atoms with Crippen molar-refractivity contribution in [3.8, 4) is 0 Å². The van der Waals surface area contributed by atoms with E-state index in [-0.39, 0.29) is 36.4 Å². The van der Waals surface area contributed by atoms with Crippen molar-refractivity contribution in [2.75, 3.05) is 0 Å². The van der Waals surface area contributed by atoms with Crippen LogP contribution in [0.25, 0.3) is 0 Å². The Bertz CT molecular complexity index is 537. The molecular formula is C13H14F4O6S. The van der Waals surface area contributed by atoms with Gasteiger partial charge in [-0.3, -0.25) is 4.79 Å². The highest BCUT2D eigenvalue weighted by atomic mass is 32.2. The molecule has 4 fully saturated rings. The van der Waals surface area contributed by atoms with Crippen molar-refractivity contribution in [1.82, 2.24) is 0 Å². The fraction of sp³-hybridized carbons (Fsp3) is 0.846. The highest BCUT2D eigenvalue weighted by Gasteiger charge is 2.68. The summed E-state index contributed by atoms with van der Waals surface area (Å²) in [4.78, 5) is 24.0. The second-order valence-corrected chi connectivity index (χ2v) is 7.50. The molecule has 4 saturated carbocycles. The molecule has 4 rings (SSSR count). The summed E-state index contributed by atoms with van der Waals surface area (Å²) < 4.78 is 61.5. The Hall–Kier alpha value is -0.910. The molecule has 0 saturated heterocycles. The third-order valence-corrected chi connectivity index (χ3v) is 5.81. The molecule has 1 N–H and O–H groups in total. The molecule has 3 atom stereocenters. The molecule has 6 nitrogen and oxygen atoms in total. The van der Waals surface area contributed by atoms with Gasteiger partial charge in [0.05, 0.1) is 12.0 Å². The molecule has 0 heterocycles. The first kappa shape index (κ1) is 17.9. The SMILES string of the molecule is O=C1C2CC3CC1CC(OC(=O)C(F)(SOOO)C(F)(F)F)(C3)C2. The maximum absolute atomic E-state index is 14.2. The van der Waals surface area contributed by atoms with Crippen LogP contribution in [0.1, 0.15) is 32.1 Å². The van der Waals surface area contributed by atoms with E-state index in [0.29, 0.717) is 19.3 Å². The lowest BCUT2D eigenvalue weighted by Crippen LogP contribution is -2.59. The van der Waals surface area contributed by atoms with Gasteiger partial charge in [0, 0.05) is 11.8 Å². The number of hydrogen-bond donors (Lipinski definition) is 1. The van der Waals surface area contributed by atoms with E-state index in [4.69, 9.17) is 9.99 Å². The Labute approximate surface area is 137 Å². The molecular weight excluding hydrogens is 360 g/mol. The second-order valence-electron chi connectivity index (χ2n) is 6.64. The van der Waals surface area contributed by atoms with E-state index >= 15 is 0 Å². The highest BCUT2D eigenvalue weighted by Crippen LogP contribution is 2.56. The van der Waals surface area contributed by atoms with Gasteiger partial charge >= 0.3 is 17.1 Å². The van der Waals surface area contributed by atoms with Gasteiger partial charge in [0.1, 0.15) is 11.4 Å². The average Bonchev–Trinajstić information content (AvgIpc) is 2.47. The van der Waals surface area contributed by atoms with E-state index in [9.17, 15) is 27.2 Å². The largest absolute Gasteiger partial charge is 0.456 e. The van der Waals surface area contributed by atoms with Crippen molar-refractivity contribution in [3.63, 3.8) is 0 Å². The lowest BCUT2D eigenvalue weighted by Gasteiger charge is -2.54. The Kier molecular flexibility index (Phi) is 4.34. The summed E-state index contributed by atoms with van der Waals surface area (Å²) in [5.41, 5.74) is -1.26. The van der Waals surface area contributed by atoms with Crippen LogP contribution >= 0.6 is 12.0 Å². The molecule has 11 heteroatoms. The number of carbonyl (C=O) groups excluding carboxylic acids is 2. The number of alkyl halides is 4. The van der Waals surface area contributed by atoms with Crippen LogP contribution in [0.2, 0.25) is 0 Å². The van der Waals surface area contributed by atoms with Crippen molar-refractivity contribution < 1.29 is 46.5 Å². The van der Waals surface area contributed by atoms with Crippen LogP contribution < -0.4 is 0 Å². The van der Waals surface area contributed by atoms with Gasteiger partial charge in [-0.1, -0.05) is 5.04 Å². The van der Waals surface area contributed by atoms with Gasteiger partial charge in [0.15, 0.2) is 0 Å². The monoisotopic (exact) mass is 374 g/mol. The van der Waals surface area contributed by atoms with Crippen LogP contribution in [-0.2, 0) is 23.7 Å². The molecule has 0 radical (unpaired) electrons. The maximum atomic E-state index is 14.2. The minimum atomic E-state index is -5.65. The van der Waals surface area contributed by atoms with Crippen molar-refractivity contribution >= 4 is 23.8 Å². The van der Waals surface area contributed by atoms with E-state index < -0.39 is 34.8 Å². The van der Waals surface area contributed by atoms with Crippen molar-refractivity contribution in [2.24, 2.45) is 17.8 Å². The number of hydrogen-bond acceptors (Lipinski definition) is 7. The smallest absolute Gasteiger partial charge is 0.446 e. The van der Waals surface area contributed by atoms with E-state index in [0.717, 1.165) is 0 Å². The van der Waals surface area contributed by atoms with Crippen LogP contribution in [-0.4, -0.2) is 33.8 Å². The molecule has 0 aromatic carbocycles. The van der Waals surface area contributed by atoms with Crippen LogP contribution in [0.5, 0.6) is 0 Å². The van der Waals surface area contributed by atoms with Gasteiger partial charge in [-0.05, 0) is 38.0 Å². The third-order valence-electron chi connectivity index (χ3n) is 5.05. The molecule has 24 heavy (non-hydrogen) atoms. The summed E-state index contributed by atoms with van der Waals surface area (Å²) in [5, 5.41) is 6.35. The Morgan fingerprint density at radius 3 is 2.25 bits per heavy atom. The molecule has 4 aliphatic rings. The molecule has 0 aliphatic heterocycles. The molecule has 136 valence electrons. The first-order valence-corrected chi connectivity index (χ1v) is 8.03. The molecule has 0 aromatic heterocycles. The predicted octanol–water partition coefficient (Wildman–Crippen LogP) is 2.97. The van der Waals surface area contributed by atoms with Crippen molar-refractivity contribution in [2.45, 2.75) is 48.9 Å². The van der Waals surface area contributed by atoms with Crippen LogP contribution in [0.15, 0.2) is 0 Å². The summed E-state index contributed by atoms with van der Waals surface area (Å²) in [6, 6.07) is 0. The molecule has 0 aromatic rings. The third kappa shape index (κ3) is 2.80. The standard InChI is InChI=1S/C13H14F4O6S/c14-12(13(15,16)17,24-23-22-20)10(19)21-11-3-6-1-7(4-11)9(18)8(2-6)5-11/h6-8,20H,1-5H2. The normalized spacial score (nSPS) is 37.4. The minimum Gasteiger partial charge on any atom is -0.456 e. The van der Waals surface area contributed by atoms with Gasteiger partial charge in [0.25, 0.3) is 0 Å². The summed E-state index contributed by atoms with van der Waals surface area (Å²) in [7, 11) is 0. The average molecular weight is 374 g/mol. The number of esters is 1. The number of Topliss-reactive ketones (excluding diaryl/α,β-unsaturated/α-hetero) is 1. The van der Waals surface area contributed by atoms with Crippen LogP contribution in [0, 0.1) is 17.8 Å². The predicted molar refractivity (Wildman–Crippen MR) is 69.7 cm³/mol. The maximum Gasteiger partial charge on any atom is 0.446 e. The van der Waals surface area contributed by atoms with Gasteiger partial charge in [-0.2, -0.15) is 13.2 Å². The van der Waals surface area contributed by atoms with Crippen LogP contribution in [0.4, 0.5) is 17.6 Å². The Morgan fingerprint density at radius 1 is 1.17 bits per heavy atom. The van der Waals surface area contributed by atoms with E-state index in [1.807, 2.05) is 0 Å². The van der Waals surface area contributed by atoms with Crippen molar-refractivity contribution in [3.05, 3.63) is 0 Å². The lowest BCUT2D eigenvalue weighted by atomic mass is 9.53. The zero-order valence-corrected chi connectivity index (χ0v) is 13.0. The summed E-state index contributed by atoms with van der Waals surface area (Å²) >= 11 is -1.04. The quantitative estimate of drug-likeness (QED) is 0.260. The molecule has 0 spiro atoms. The van der Waals surface area contributed by atoms with E-state index in [2.05, 4.69) is 9.37 Å². The fourth-order valence-corrected chi connectivity index (χ4v) is 4.65. The lowest BCUT2D eigenvalue weighted by molar-refractivity contribution is -0.433. The number of ketones is 1. The number of halogens is 4. The van der Waals surface area contributed by atoms with Gasteiger partial charge < -0.3 is 4.74 Å². The molecule has 4 bridgehead atoms. The minimum absolute atomic E-state index is 0.0475. The Balaban J connectivity index is 1.79. The van der Waals surface area contributed by atoms with Gasteiger partial charge in [-0.15, -0.1) is 4.33 Å². The number of ether oxygens (including phenoxy) is 1. The summed E-state index contributed by atoms with van der Waals surface area (Å²) in [6.07, 6.45) is -3.85. The summed E-state index contributed by atoms with van der Waals surface area (Å²) in [6.45, 7) is 0. The molecule has 0 amide bonds. The Morgan fingerprint density at radius 2 is 1.75 bits per heavy atom. The summed E-state index contributed by atoms with van der Waals surface area (Å²) in [5.74, 6) is -2.75. The highest BCUT2D eigenvalue weighted by molar-refractivity contribution is 7.96. The first-order valence-electron chi connectivity index (χ1n) is 7.29. The van der Waals surface area contributed by atoms with E-state index in [1.54, 1.807) is 0 Å². The zero-order chi connectivity index (χ0) is 17.8. The fourth-order valence-electron chi connectivity index (χ4n) is 4.32. The van der Waals surface area contributed by atoms with Crippen LogP contribution in [0.3, 0.4) is 0 Å². The van der Waals surface area contributed by atoms with E-state index in [1.165, 1.54) is 0 Å². The zero-order valence-electron chi connectivity index (χ0n) is 12.2. The number of rotatable bonds is 5. The number of carbonyl (C=O) groups is 2. The van der Waals surface area contributed by atoms with Gasteiger partial charge in [-0.25, -0.2) is 14.4 Å². The molecule has 3 unspecified atom stereocenters.